The minimum absolute atomic E-state index is 0.0255. The van der Waals surface area contributed by atoms with Crippen molar-refractivity contribution in [2.45, 2.75) is 39.0 Å². The Hall–Kier alpha value is -1.58. The minimum Gasteiger partial charge on any atom is -0.384 e. The summed E-state index contributed by atoms with van der Waals surface area (Å²) in [6.07, 6.45) is 9.45. The van der Waals surface area contributed by atoms with E-state index in [1.807, 2.05) is 6.07 Å². The molecule has 0 bridgehead atoms. The molecule has 104 valence electrons. The van der Waals surface area contributed by atoms with Gasteiger partial charge in [0.1, 0.15) is 0 Å². The fourth-order valence-corrected chi connectivity index (χ4v) is 2.08. The third kappa shape index (κ3) is 4.54. The average molecular weight is 261 g/mol. The lowest BCUT2D eigenvalue weighted by molar-refractivity contribution is 0.0953. The van der Waals surface area contributed by atoms with Crippen LogP contribution in [0.15, 0.2) is 18.5 Å². The second-order valence-electron chi connectivity index (χ2n) is 5.19. The number of carbonyl (C=O) groups is 1. The molecule has 0 unspecified atom stereocenters. The monoisotopic (exact) mass is 261 g/mol. The molecule has 1 amide bonds. The summed E-state index contributed by atoms with van der Waals surface area (Å²) in [5.74, 6) is 0.902. The predicted molar refractivity (Wildman–Crippen MR) is 77.3 cm³/mol. The van der Waals surface area contributed by atoms with Crippen molar-refractivity contribution in [3.05, 3.63) is 24.0 Å². The Labute approximate surface area is 115 Å². The van der Waals surface area contributed by atoms with Crippen molar-refractivity contribution in [1.29, 1.82) is 0 Å². The van der Waals surface area contributed by atoms with Crippen molar-refractivity contribution in [3.8, 4) is 0 Å². The Morgan fingerprint density at radius 2 is 2.26 bits per heavy atom. The van der Waals surface area contributed by atoms with Crippen molar-refractivity contribution < 1.29 is 4.79 Å². The van der Waals surface area contributed by atoms with Crippen LogP contribution < -0.4 is 10.6 Å². The molecule has 2 rings (SSSR count). The lowest BCUT2D eigenvalue weighted by Gasteiger charge is -2.11. The average Bonchev–Trinajstić information content (AvgIpc) is 3.25. The molecule has 1 aliphatic rings. The van der Waals surface area contributed by atoms with Gasteiger partial charge in [0.2, 0.25) is 0 Å². The minimum atomic E-state index is -0.0255. The standard InChI is InChI=1S/C15H23N3O/c1-2-8-17-14-7-10-16-11-13(14)15(19)18-9-3-4-12-5-6-12/h7,10-12H,2-6,8-9H2,1H3,(H,16,17)(H,18,19). The summed E-state index contributed by atoms with van der Waals surface area (Å²) in [4.78, 5) is 16.1. The van der Waals surface area contributed by atoms with E-state index >= 15 is 0 Å². The van der Waals surface area contributed by atoms with Gasteiger partial charge in [0, 0.05) is 25.5 Å². The molecule has 2 N–H and O–H groups in total. The molecule has 0 radical (unpaired) electrons. The van der Waals surface area contributed by atoms with Crippen LogP contribution in [0.5, 0.6) is 0 Å². The van der Waals surface area contributed by atoms with E-state index in [4.69, 9.17) is 0 Å². The molecule has 0 aromatic carbocycles. The number of carbonyl (C=O) groups excluding carboxylic acids is 1. The molecule has 0 spiro atoms. The van der Waals surface area contributed by atoms with Crippen LogP contribution in [-0.4, -0.2) is 24.0 Å². The number of pyridine rings is 1. The second-order valence-corrected chi connectivity index (χ2v) is 5.19. The third-order valence-corrected chi connectivity index (χ3v) is 3.40. The van der Waals surface area contributed by atoms with Crippen LogP contribution >= 0.6 is 0 Å². The Bertz CT molecular complexity index is 416. The second kappa shape index (κ2) is 7.12. The number of aromatic nitrogens is 1. The highest BCUT2D eigenvalue weighted by molar-refractivity contribution is 5.99. The maximum Gasteiger partial charge on any atom is 0.254 e. The van der Waals surface area contributed by atoms with Gasteiger partial charge in [0.05, 0.1) is 11.3 Å². The van der Waals surface area contributed by atoms with Crippen molar-refractivity contribution >= 4 is 11.6 Å². The molecule has 19 heavy (non-hydrogen) atoms. The lowest BCUT2D eigenvalue weighted by Crippen LogP contribution is -2.25. The van der Waals surface area contributed by atoms with Crippen LogP contribution in [0.25, 0.3) is 0 Å². The van der Waals surface area contributed by atoms with Gasteiger partial charge in [-0.3, -0.25) is 9.78 Å². The van der Waals surface area contributed by atoms with Crippen LogP contribution in [0.3, 0.4) is 0 Å². The fraction of sp³-hybridized carbons (Fsp3) is 0.600. The van der Waals surface area contributed by atoms with Gasteiger partial charge in [-0.05, 0) is 31.2 Å². The van der Waals surface area contributed by atoms with Crippen molar-refractivity contribution in [1.82, 2.24) is 10.3 Å². The number of hydrogen-bond donors (Lipinski definition) is 2. The summed E-state index contributed by atoms with van der Waals surface area (Å²) in [5, 5.41) is 6.24. The summed E-state index contributed by atoms with van der Waals surface area (Å²) in [6.45, 7) is 3.73. The molecule has 4 heteroatoms. The van der Waals surface area contributed by atoms with Crippen LogP contribution in [0.4, 0.5) is 5.69 Å². The fourth-order valence-electron chi connectivity index (χ4n) is 2.08. The summed E-state index contributed by atoms with van der Waals surface area (Å²) in [5.41, 5.74) is 1.51. The first kappa shape index (κ1) is 13.8. The highest BCUT2D eigenvalue weighted by Crippen LogP contribution is 2.33. The zero-order chi connectivity index (χ0) is 13.5. The van der Waals surface area contributed by atoms with Gasteiger partial charge in [-0.2, -0.15) is 0 Å². The van der Waals surface area contributed by atoms with Gasteiger partial charge in [0.25, 0.3) is 5.91 Å². The highest BCUT2D eigenvalue weighted by atomic mass is 16.1. The maximum atomic E-state index is 12.1. The normalized spacial score (nSPS) is 14.2. The molecule has 1 heterocycles. The van der Waals surface area contributed by atoms with E-state index in [2.05, 4.69) is 22.5 Å². The molecule has 1 aromatic rings. The van der Waals surface area contributed by atoms with Crippen molar-refractivity contribution in [2.75, 3.05) is 18.4 Å². The highest BCUT2D eigenvalue weighted by Gasteiger charge is 2.20. The SMILES string of the molecule is CCCNc1ccncc1C(=O)NCCCC1CC1. The molecule has 1 fully saturated rings. The first-order valence-electron chi connectivity index (χ1n) is 7.27. The molecular weight excluding hydrogens is 238 g/mol. The van der Waals surface area contributed by atoms with Gasteiger partial charge in [0.15, 0.2) is 0 Å². The van der Waals surface area contributed by atoms with E-state index in [0.29, 0.717) is 5.56 Å². The Balaban J connectivity index is 1.82. The molecule has 0 atom stereocenters. The first-order chi connectivity index (χ1) is 9.31. The van der Waals surface area contributed by atoms with Gasteiger partial charge in [-0.15, -0.1) is 0 Å². The Morgan fingerprint density at radius 1 is 1.42 bits per heavy atom. The lowest BCUT2D eigenvalue weighted by atomic mass is 10.2. The number of rotatable bonds is 8. The predicted octanol–water partition coefficient (Wildman–Crippen LogP) is 2.82. The maximum absolute atomic E-state index is 12.1. The summed E-state index contributed by atoms with van der Waals surface area (Å²) in [7, 11) is 0. The van der Waals surface area contributed by atoms with Crippen LogP contribution in [0.1, 0.15) is 49.4 Å². The zero-order valence-electron chi connectivity index (χ0n) is 11.6. The zero-order valence-corrected chi connectivity index (χ0v) is 11.6. The Morgan fingerprint density at radius 3 is 3.00 bits per heavy atom. The number of hydrogen-bond acceptors (Lipinski definition) is 3. The topological polar surface area (TPSA) is 54.0 Å². The molecule has 0 saturated heterocycles. The van der Waals surface area contributed by atoms with Crippen LogP contribution in [0.2, 0.25) is 0 Å². The Kier molecular flexibility index (Phi) is 5.19. The first-order valence-corrected chi connectivity index (χ1v) is 7.27. The van der Waals surface area contributed by atoms with E-state index in [1.165, 1.54) is 19.3 Å². The van der Waals surface area contributed by atoms with E-state index in [9.17, 15) is 4.79 Å². The molecule has 1 aromatic heterocycles. The molecule has 4 nitrogen and oxygen atoms in total. The summed E-state index contributed by atoms with van der Waals surface area (Å²) < 4.78 is 0. The number of amides is 1. The van der Waals surface area contributed by atoms with Gasteiger partial charge >= 0.3 is 0 Å². The number of anilines is 1. The van der Waals surface area contributed by atoms with Crippen molar-refractivity contribution in [2.24, 2.45) is 5.92 Å². The molecule has 0 aliphatic heterocycles. The third-order valence-electron chi connectivity index (χ3n) is 3.40. The number of nitrogens with zero attached hydrogens (tertiary/aromatic N) is 1. The van der Waals surface area contributed by atoms with Crippen molar-refractivity contribution in [3.63, 3.8) is 0 Å². The largest absolute Gasteiger partial charge is 0.384 e. The van der Waals surface area contributed by atoms with Crippen LogP contribution in [-0.2, 0) is 0 Å². The summed E-state index contributed by atoms with van der Waals surface area (Å²) >= 11 is 0. The quantitative estimate of drug-likeness (QED) is 0.707. The van der Waals surface area contributed by atoms with Gasteiger partial charge in [-0.1, -0.05) is 19.8 Å². The van der Waals surface area contributed by atoms with Gasteiger partial charge < -0.3 is 10.6 Å². The molecule has 1 saturated carbocycles. The number of nitrogens with one attached hydrogen (secondary N) is 2. The summed E-state index contributed by atoms with van der Waals surface area (Å²) in [6, 6.07) is 1.86. The molecular formula is C15H23N3O. The smallest absolute Gasteiger partial charge is 0.254 e. The van der Waals surface area contributed by atoms with E-state index in [0.717, 1.165) is 37.5 Å². The van der Waals surface area contributed by atoms with Crippen LogP contribution in [0, 0.1) is 5.92 Å². The van der Waals surface area contributed by atoms with E-state index in [-0.39, 0.29) is 5.91 Å². The molecule has 1 aliphatic carbocycles. The van der Waals surface area contributed by atoms with E-state index < -0.39 is 0 Å². The van der Waals surface area contributed by atoms with E-state index in [1.54, 1.807) is 12.4 Å². The van der Waals surface area contributed by atoms with Gasteiger partial charge in [-0.25, -0.2) is 0 Å².